The van der Waals surface area contributed by atoms with Gasteiger partial charge in [0.15, 0.2) is 0 Å². The van der Waals surface area contributed by atoms with Crippen LogP contribution in [0.25, 0.3) is 0 Å². The van der Waals surface area contributed by atoms with Crippen LogP contribution in [0.5, 0.6) is 0 Å². The number of anilines is 2. The third-order valence-corrected chi connectivity index (χ3v) is 2.90. The highest BCUT2D eigenvalue weighted by Gasteiger charge is 2.12. The lowest BCUT2D eigenvalue weighted by atomic mass is 10.2. The maximum absolute atomic E-state index is 12.0. The van der Waals surface area contributed by atoms with Crippen molar-refractivity contribution >= 4 is 40.5 Å². The van der Waals surface area contributed by atoms with Crippen molar-refractivity contribution in [3.05, 3.63) is 52.3 Å². The Hall–Kier alpha value is -1.78. The van der Waals surface area contributed by atoms with Gasteiger partial charge in [0.25, 0.3) is 5.91 Å². The van der Waals surface area contributed by atoms with E-state index in [0.717, 1.165) is 0 Å². The molecule has 1 aromatic carbocycles. The van der Waals surface area contributed by atoms with Crippen LogP contribution in [0, 0.1) is 0 Å². The molecule has 0 aliphatic rings. The standard InChI is InChI=1S/C12H9Cl2N3O/c13-9-3-4-16-6-11(9)17-12(18)8-2-1-7(15)5-10(8)14/h1-6H,15H2,(H,17,18). The van der Waals surface area contributed by atoms with E-state index in [1.165, 1.54) is 18.5 Å². The predicted molar refractivity (Wildman–Crippen MR) is 73.1 cm³/mol. The molecule has 92 valence electrons. The number of halogens is 2. The summed E-state index contributed by atoms with van der Waals surface area (Å²) in [5.41, 5.74) is 6.81. The topological polar surface area (TPSA) is 68.0 Å². The van der Waals surface area contributed by atoms with Gasteiger partial charge in [0.2, 0.25) is 0 Å². The summed E-state index contributed by atoms with van der Waals surface area (Å²) in [7, 11) is 0. The van der Waals surface area contributed by atoms with Crippen LogP contribution in [-0.2, 0) is 0 Å². The van der Waals surface area contributed by atoms with Crippen molar-refractivity contribution < 1.29 is 4.79 Å². The van der Waals surface area contributed by atoms with E-state index < -0.39 is 0 Å². The van der Waals surface area contributed by atoms with Crippen LogP contribution in [0.15, 0.2) is 36.7 Å². The Balaban J connectivity index is 2.25. The summed E-state index contributed by atoms with van der Waals surface area (Å²) in [5.74, 6) is -0.366. The zero-order valence-electron chi connectivity index (χ0n) is 9.15. The number of carbonyl (C=O) groups is 1. The molecule has 0 saturated carbocycles. The normalized spacial score (nSPS) is 10.1. The van der Waals surface area contributed by atoms with Gasteiger partial charge in [0.1, 0.15) is 0 Å². The summed E-state index contributed by atoms with van der Waals surface area (Å²) < 4.78 is 0. The molecule has 1 amide bonds. The van der Waals surface area contributed by atoms with Crippen LogP contribution in [0.2, 0.25) is 10.0 Å². The molecule has 6 heteroatoms. The largest absolute Gasteiger partial charge is 0.399 e. The highest BCUT2D eigenvalue weighted by atomic mass is 35.5. The second-order valence-electron chi connectivity index (χ2n) is 3.55. The summed E-state index contributed by atoms with van der Waals surface area (Å²) in [4.78, 5) is 15.9. The van der Waals surface area contributed by atoms with Crippen molar-refractivity contribution in [1.82, 2.24) is 4.98 Å². The van der Waals surface area contributed by atoms with Crippen molar-refractivity contribution in [2.75, 3.05) is 11.1 Å². The first-order chi connectivity index (χ1) is 8.58. The second-order valence-corrected chi connectivity index (χ2v) is 4.36. The molecule has 0 fully saturated rings. The average Bonchev–Trinajstić information content (AvgIpc) is 2.32. The number of nitrogens with two attached hydrogens (primary N) is 1. The lowest BCUT2D eigenvalue weighted by Gasteiger charge is -2.08. The first-order valence-corrected chi connectivity index (χ1v) is 5.79. The van der Waals surface area contributed by atoms with Gasteiger partial charge in [-0.05, 0) is 24.3 Å². The van der Waals surface area contributed by atoms with Crippen molar-refractivity contribution in [1.29, 1.82) is 0 Å². The number of nitrogen functional groups attached to an aromatic ring is 1. The predicted octanol–water partition coefficient (Wildman–Crippen LogP) is 3.22. The molecule has 2 aromatic rings. The van der Waals surface area contributed by atoms with E-state index in [9.17, 15) is 4.79 Å². The fourth-order valence-electron chi connectivity index (χ4n) is 1.37. The number of rotatable bonds is 2. The molecule has 1 heterocycles. The molecule has 0 atom stereocenters. The fourth-order valence-corrected chi connectivity index (χ4v) is 1.80. The van der Waals surface area contributed by atoms with Crippen LogP contribution < -0.4 is 11.1 Å². The second kappa shape index (κ2) is 5.25. The van der Waals surface area contributed by atoms with E-state index in [-0.39, 0.29) is 10.9 Å². The lowest BCUT2D eigenvalue weighted by Crippen LogP contribution is -2.13. The van der Waals surface area contributed by atoms with Gasteiger partial charge >= 0.3 is 0 Å². The maximum Gasteiger partial charge on any atom is 0.257 e. The Morgan fingerprint density at radius 1 is 1.22 bits per heavy atom. The van der Waals surface area contributed by atoms with E-state index in [2.05, 4.69) is 10.3 Å². The van der Waals surface area contributed by atoms with Gasteiger partial charge in [-0.1, -0.05) is 23.2 Å². The van der Waals surface area contributed by atoms with E-state index >= 15 is 0 Å². The minimum atomic E-state index is -0.366. The summed E-state index contributed by atoms with van der Waals surface area (Å²) >= 11 is 11.9. The first kappa shape index (κ1) is 12.7. The number of hydrogen-bond acceptors (Lipinski definition) is 3. The number of amides is 1. The average molecular weight is 282 g/mol. The van der Waals surface area contributed by atoms with Crippen molar-refractivity contribution in [3.8, 4) is 0 Å². The van der Waals surface area contributed by atoms with Crippen LogP contribution in [-0.4, -0.2) is 10.9 Å². The van der Waals surface area contributed by atoms with Gasteiger partial charge in [-0.3, -0.25) is 9.78 Å². The molecule has 0 aliphatic carbocycles. The van der Waals surface area contributed by atoms with Crippen LogP contribution in [0.1, 0.15) is 10.4 Å². The van der Waals surface area contributed by atoms with Crippen LogP contribution in [0.3, 0.4) is 0 Å². The summed E-state index contributed by atoms with van der Waals surface area (Å²) in [6, 6.07) is 6.26. The monoisotopic (exact) mass is 281 g/mol. The number of nitrogens with one attached hydrogen (secondary N) is 1. The number of pyridine rings is 1. The zero-order valence-corrected chi connectivity index (χ0v) is 10.7. The quantitative estimate of drug-likeness (QED) is 0.831. The lowest BCUT2D eigenvalue weighted by molar-refractivity contribution is 0.102. The van der Waals surface area contributed by atoms with Gasteiger partial charge in [-0.25, -0.2) is 0 Å². The molecule has 0 aliphatic heterocycles. The molecule has 0 unspecified atom stereocenters. The Kier molecular flexibility index (Phi) is 3.69. The van der Waals surface area contributed by atoms with E-state index in [0.29, 0.717) is 22.0 Å². The smallest absolute Gasteiger partial charge is 0.257 e. The fraction of sp³-hybridized carbons (Fsp3) is 0. The first-order valence-electron chi connectivity index (χ1n) is 5.04. The number of nitrogens with zero attached hydrogens (tertiary/aromatic N) is 1. The third kappa shape index (κ3) is 2.72. The molecule has 0 spiro atoms. The van der Waals surface area contributed by atoms with Gasteiger partial charge < -0.3 is 11.1 Å². The summed E-state index contributed by atoms with van der Waals surface area (Å²) in [6.45, 7) is 0. The zero-order chi connectivity index (χ0) is 13.1. The molecule has 1 aromatic heterocycles. The van der Waals surface area contributed by atoms with Crippen LogP contribution >= 0.6 is 23.2 Å². The number of hydrogen-bond donors (Lipinski definition) is 2. The number of benzene rings is 1. The molecule has 4 nitrogen and oxygen atoms in total. The van der Waals surface area contributed by atoms with E-state index in [1.807, 2.05) is 0 Å². The maximum atomic E-state index is 12.0. The van der Waals surface area contributed by atoms with Gasteiger partial charge in [-0.2, -0.15) is 0 Å². The Morgan fingerprint density at radius 2 is 2.00 bits per heavy atom. The summed E-state index contributed by atoms with van der Waals surface area (Å²) in [6.07, 6.45) is 3.00. The van der Waals surface area contributed by atoms with Gasteiger partial charge in [0, 0.05) is 11.9 Å². The minimum absolute atomic E-state index is 0.285. The Labute approximate surface area is 114 Å². The van der Waals surface area contributed by atoms with Gasteiger partial charge in [-0.15, -0.1) is 0 Å². The van der Waals surface area contributed by atoms with E-state index in [4.69, 9.17) is 28.9 Å². The number of aromatic nitrogens is 1. The number of carbonyl (C=O) groups excluding carboxylic acids is 1. The highest BCUT2D eigenvalue weighted by molar-refractivity contribution is 6.36. The highest BCUT2D eigenvalue weighted by Crippen LogP contribution is 2.23. The van der Waals surface area contributed by atoms with Crippen molar-refractivity contribution in [3.63, 3.8) is 0 Å². The third-order valence-electron chi connectivity index (χ3n) is 2.25. The molecule has 3 N–H and O–H groups in total. The Bertz CT molecular complexity index is 602. The van der Waals surface area contributed by atoms with Gasteiger partial charge in [0.05, 0.1) is 27.5 Å². The molecule has 0 bridgehead atoms. The van der Waals surface area contributed by atoms with Crippen molar-refractivity contribution in [2.24, 2.45) is 0 Å². The molecular weight excluding hydrogens is 273 g/mol. The molecule has 18 heavy (non-hydrogen) atoms. The van der Waals surface area contributed by atoms with Crippen LogP contribution in [0.4, 0.5) is 11.4 Å². The summed E-state index contributed by atoms with van der Waals surface area (Å²) in [5, 5.41) is 3.32. The SMILES string of the molecule is Nc1ccc(C(=O)Nc2cnccc2Cl)c(Cl)c1. The minimum Gasteiger partial charge on any atom is -0.399 e. The molecular formula is C12H9Cl2N3O. The molecule has 0 radical (unpaired) electrons. The van der Waals surface area contributed by atoms with Crippen molar-refractivity contribution in [2.45, 2.75) is 0 Å². The molecule has 0 saturated heterocycles. The van der Waals surface area contributed by atoms with E-state index in [1.54, 1.807) is 18.2 Å². The molecule has 2 rings (SSSR count). The Morgan fingerprint density at radius 3 is 2.67 bits per heavy atom.